The maximum Gasteiger partial charge on any atom is 0.272 e. The Morgan fingerprint density at radius 1 is 1.03 bits per heavy atom. The first-order valence-electron chi connectivity index (χ1n) is 9.71. The molecule has 0 unspecified atom stereocenters. The number of pyridine rings is 1. The Hall–Kier alpha value is -3.54. The molecule has 146 valence electrons. The molecule has 0 atom stereocenters. The van der Waals surface area contributed by atoms with Crippen molar-refractivity contribution in [2.45, 2.75) is 19.5 Å². The van der Waals surface area contributed by atoms with Crippen LogP contribution in [0.4, 0.5) is 5.69 Å². The van der Waals surface area contributed by atoms with Crippen molar-refractivity contribution in [2.75, 3.05) is 18.7 Å². The first-order valence-corrected chi connectivity index (χ1v) is 9.71. The standard InChI is InChI=1S/C23H21N3O3/c27-23(26-10-8-17-3-1-2-4-18(17)14-26)20-12-19(7-9-24-20)25-13-16-5-6-21-22(11-16)29-15-28-21/h1-7,9,11-12H,8,10,13-15H2,(H,24,25). The number of benzene rings is 2. The quantitative estimate of drug-likeness (QED) is 0.741. The number of nitrogens with one attached hydrogen (secondary N) is 1. The zero-order valence-electron chi connectivity index (χ0n) is 15.9. The van der Waals surface area contributed by atoms with E-state index in [1.165, 1.54) is 11.1 Å². The van der Waals surface area contributed by atoms with Gasteiger partial charge in [-0.1, -0.05) is 30.3 Å². The van der Waals surface area contributed by atoms with E-state index in [1.54, 1.807) is 6.20 Å². The van der Waals surface area contributed by atoms with Gasteiger partial charge in [0.2, 0.25) is 6.79 Å². The number of rotatable bonds is 4. The van der Waals surface area contributed by atoms with Crippen LogP contribution in [0.5, 0.6) is 11.5 Å². The summed E-state index contributed by atoms with van der Waals surface area (Å²) in [6.45, 7) is 2.23. The average Bonchev–Trinajstić information content (AvgIpc) is 3.25. The number of ether oxygens (including phenoxy) is 2. The lowest BCUT2D eigenvalue weighted by Gasteiger charge is -2.28. The van der Waals surface area contributed by atoms with Crippen molar-refractivity contribution in [3.63, 3.8) is 0 Å². The van der Waals surface area contributed by atoms with Gasteiger partial charge in [-0.15, -0.1) is 0 Å². The van der Waals surface area contributed by atoms with Gasteiger partial charge in [0.15, 0.2) is 11.5 Å². The molecule has 2 aliphatic rings. The van der Waals surface area contributed by atoms with E-state index in [4.69, 9.17) is 9.47 Å². The van der Waals surface area contributed by atoms with Gasteiger partial charge in [-0.25, -0.2) is 0 Å². The third-order valence-electron chi connectivity index (χ3n) is 5.33. The molecule has 0 bridgehead atoms. The van der Waals surface area contributed by atoms with Gasteiger partial charge in [0.1, 0.15) is 5.69 Å². The Morgan fingerprint density at radius 2 is 1.90 bits per heavy atom. The Kier molecular flexibility index (Phi) is 4.52. The normalized spacial score (nSPS) is 14.4. The maximum atomic E-state index is 13.0. The maximum absolute atomic E-state index is 13.0. The van der Waals surface area contributed by atoms with Crippen LogP contribution in [0.2, 0.25) is 0 Å². The Morgan fingerprint density at radius 3 is 2.83 bits per heavy atom. The highest BCUT2D eigenvalue weighted by atomic mass is 16.7. The molecule has 5 rings (SSSR count). The van der Waals surface area contributed by atoms with E-state index in [-0.39, 0.29) is 12.7 Å². The van der Waals surface area contributed by atoms with Crippen molar-refractivity contribution in [1.82, 2.24) is 9.88 Å². The summed E-state index contributed by atoms with van der Waals surface area (Å²) in [5.74, 6) is 1.50. The lowest BCUT2D eigenvalue weighted by atomic mass is 10.00. The van der Waals surface area contributed by atoms with Crippen molar-refractivity contribution in [3.05, 3.63) is 83.2 Å². The molecule has 0 saturated heterocycles. The summed E-state index contributed by atoms with van der Waals surface area (Å²) in [5.41, 5.74) is 4.93. The molecule has 0 aliphatic carbocycles. The number of nitrogens with zero attached hydrogens (tertiary/aromatic N) is 2. The summed E-state index contributed by atoms with van der Waals surface area (Å²) in [6, 6.07) is 17.9. The van der Waals surface area contributed by atoms with Gasteiger partial charge in [0.25, 0.3) is 5.91 Å². The third-order valence-corrected chi connectivity index (χ3v) is 5.33. The van der Waals surface area contributed by atoms with E-state index in [2.05, 4.69) is 22.4 Å². The van der Waals surface area contributed by atoms with Gasteiger partial charge in [-0.3, -0.25) is 9.78 Å². The van der Waals surface area contributed by atoms with Crippen molar-refractivity contribution in [3.8, 4) is 11.5 Å². The zero-order valence-corrected chi connectivity index (χ0v) is 15.9. The number of fused-ring (bicyclic) bond motifs is 2. The van der Waals surface area contributed by atoms with Crippen molar-refractivity contribution in [1.29, 1.82) is 0 Å². The molecular formula is C23H21N3O3. The lowest BCUT2D eigenvalue weighted by Crippen LogP contribution is -2.36. The smallest absolute Gasteiger partial charge is 0.272 e. The average molecular weight is 387 g/mol. The van der Waals surface area contributed by atoms with Crippen LogP contribution < -0.4 is 14.8 Å². The molecule has 6 heteroatoms. The highest BCUT2D eigenvalue weighted by Gasteiger charge is 2.22. The Balaban J connectivity index is 1.27. The molecule has 1 N–H and O–H groups in total. The molecule has 0 radical (unpaired) electrons. The molecule has 2 aliphatic heterocycles. The van der Waals surface area contributed by atoms with Crippen LogP contribution in [0.15, 0.2) is 60.8 Å². The summed E-state index contributed by atoms with van der Waals surface area (Å²) >= 11 is 0. The Labute approximate surface area is 169 Å². The fourth-order valence-electron chi connectivity index (χ4n) is 3.74. The number of hydrogen-bond acceptors (Lipinski definition) is 5. The highest BCUT2D eigenvalue weighted by molar-refractivity contribution is 5.93. The van der Waals surface area contributed by atoms with Crippen LogP contribution in [0.25, 0.3) is 0 Å². The molecule has 3 heterocycles. The minimum absolute atomic E-state index is 0.0359. The monoisotopic (exact) mass is 387 g/mol. The number of carbonyl (C=O) groups excluding carboxylic acids is 1. The predicted octanol–water partition coefficient (Wildman–Crippen LogP) is 3.62. The molecule has 0 saturated carbocycles. The second kappa shape index (κ2) is 7.47. The van der Waals surface area contributed by atoms with Crippen molar-refractivity contribution in [2.24, 2.45) is 0 Å². The second-order valence-electron chi connectivity index (χ2n) is 7.22. The van der Waals surface area contributed by atoms with Gasteiger partial charge in [-0.2, -0.15) is 0 Å². The van der Waals surface area contributed by atoms with Crippen LogP contribution in [0.3, 0.4) is 0 Å². The summed E-state index contributed by atoms with van der Waals surface area (Å²) in [6.07, 6.45) is 2.55. The van der Waals surface area contributed by atoms with Crippen molar-refractivity contribution < 1.29 is 14.3 Å². The molecule has 0 spiro atoms. The summed E-state index contributed by atoms with van der Waals surface area (Å²) in [7, 11) is 0. The van der Waals surface area contributed by atoms with Gasteiger partial charge in [0, 0.05) is 31.5 Å². The number of aromatic nitrogens is 1. The number of carbonyl (C=O) groups is 1. The topological polar surface area (TPSA) is 63.7 Å². The summed E-state index contributed by atoms with van der Waals surface area (Å²) in [4.78, 5) is 19.1. The first kappa shape index (κ1) is 17.6. The fraction of sp³-hybridized carbons (Fsp3) is 0.217. The molecule has 6 nitrogen and oxygen atoms in total. The molecule has 1 aromatic heterocycles. The van der Waals surface area contributed by atoms with Gasteiger partial charge < -0.3 is 19.7 Å². The largest absolute Gasteiger partial charge is 0.454 e. The minimum atomic E-state index is -0.0359. The number of anilines is 1. The van der Waals surface area contributed by atoms with E-state index in [0.717, 1.165) is 29.2 Å². The molecule has 2 aromatic carbocycles. The van der Waals surface area contributed by atoms with E-state index in [1.807, 2.05) is 47.4 Å². The fourth-order valence-corrected chi connectivity index (χ4v) is 3.74. The van der Waals surface area contributed by atoms with Crippen LogP contribution in [0.1, 0.15) is 27.2 Å². The minimum Gasteiger partial charge on any atom is -0.454 e. The van der Waals surface area contributed by atoms with Crippen LogP contribution >= 0.6 is 0 Å². The molecule has 3 aromatic rings. The van der Waals surface area contributed by atoms with Crippen LogP contribution in [-0.2, 0) is 19.5 Å². The van der Waals surface area contributed by atoms with E-state index >= 15 is 0 Å². The summed E-state index contributed by atoms with van der Waals surface area (Å²) < 4.78 is 10.8. The number of hydrogen-bond donors (Lipinski definition) is 1. The second-order valence-corrected chi connectivity index (χ2v) is 7.22. The van der Waals surface area contributed by atoms with Gasteiger partial charge >= 0.3 is 0 Å². The van der Waals surface area contributed by atoms with Gasteiger partial charge in [0.05, 0.1) is 0 Å². The molecule has 29 heavy (non-hydrogen) atoms. The number of amides is 1. The SMILES string of the molecule is O=C(c1cc(NCc2ccc3c(c2)OCO3)ccn1)N1CCc2ccccc2C1. The van der Waals surface area contributed by atoms with Crippen molar-refractivity contribution >= 4 is 11.6 Å². The molecular weight excluding hydrogens is 366 g/mol. The highest BCUT2D eigenvalue weighted by Crippen LogP contribution is 2.32. The van der Waals surface area contributed by atoms with E-state index in [0.29, 0.717) is 25.3 Å². The lowest BCUT2D eigenvalue weighted by molar-refractivity contribution is 0.0729. The van der Waals surface area contributed by atoms with E-state index < -0.39 is 0 Å². The predicted molar refractivity (Wildman–Crippen MR) is 109 cm³/mol. The third kappa shape index (κ3) is 3.61. The molecule has 1 amide bonds. The van der Waals surface area contributed by atoms with Gasteiger partial charge in [-0.05, 0) is 47.4 Å². The first-order chi connectivity index (χ1) is 14.3. The zero-order chi connectivity index (χ0) is 19.6. The van der Waals surface area contributed by atoms with Crippen LogP contribution in [0, 0.1) is 0 Å². The Bertz CT molecular complexity index is 1070. The summed E-state index contributed by atoms with van der Waals surface area (Å²) in [5, 5.41) is 3.36. The molecule has 0 fully saturated rings. The van der Waals surface area contributed by atoms with E-state index in [9.17, 15) is 4.79 Å². The van der Waals surface area contributed by atoms with Crippen LogP contribution in [-0.4, -0.2) is 29.1 Å².